The Morgan fingerprint density at radius 2 is 2.05 bits per heavy atom. The number of halogens is 1. The molecule has 0 radical (unpaired) electrons. The number of benzene rings is 1. The third-order valence-electron chi connectivity index (χ3n) is 4.01. The van der Waals surface area contributed by atoms with Crippen LogP contribution in [0.15, 0.2) is 23.1 Å². The summed E-state index contributed by atoms with van der Waals surface area (Å²) >= 11 is 6.08. The van der Waals surface area contributed by atoms with Crippen LogP contribution in [0.5, 0.6) is 5.75 Å². The van der Waals surface area contributed by atoms with Crippen molar-refractivity contribution in [1.82, 2.24) is 9.62 Å². The lowest BCUT2D eigenvalue weighted by Crippen LogP contribution is -2.40. The van der Waals surface area contributed by atoms with Gasteiger partial charge in [-0.1, -0.05) is 18.5 Å². The summed E-state index contributed by atoms with van der Waals surface area (Å²) in [5.41, 5.74) is 0. The lowest BCUT2D eigenvalue weighted by molar-refractivity contribution is 0.268. The molecular weight excluding hydrogens is 324 g/mol. The molecule has 1 aliphatic heterocycles. The minimum Gasteiger partial charge on any atom is -0.497 e. The van der Waals surface area contributed by atoms with E-state index >= 15 is 0 Å². The molecule has 2 rings (SSSR count). The van der Waals surface area contributed by atoms with Crippen molar-refractivity contribution >= 4 is 21.6 Å². The second-order valence-electron chi connectivity index (χ2n) is 5.45. The SMILES string of the molecule is CCNCC1CCN(S(=O)(=O)c2cc(OC)ccc2Cl)CC1. The number of rotatable bonds is 6. The summed E-state index contributed by atoms with van der Waals surface area (Å²) in [6.45, 7) is 5.03. The summed E-state index contributed by atoms with van der Waals surface area (Å²) in [4.78, 5) is 0.124. The lowest BCUT2D eigenvalue weighted by Gasteiger charge is -2.31. The van der Waals surface area contributed by atoms with Crippen LogP contribution in [0.3, 0.4) is 0 Å². The number of sulfonamides is 1. The van der Waals surface area contributed by atoms with E-state index in [0.29, 0.717) is 24.8 Å². The van der Waals surface area contributed by atoms with Gasteiger partial charge >= 0.3 is 0 Å². The first kappa shape index (κ1) is 17.5. The van der Waals surface area contributed by atoms with Crippen LogP contribution in [0.2, 0.25) is 5.02 Å². The van der Waals surface area contributed by atoms with Gasteiger partial charge in [-0.3, -0.25) is 0 Å². The van der Waals surface area contributed by atoms with E-state index in [1.54, 1.807) is 12.1 Å². The van der Waals surface area contributed by atoms with Gasteiger partial charge in [0.15, 0.2) is 0 Å². The minimum absolute atomic E-state index is 0.124. The summed E-state index contributed by atoms with van der Waals surface area (Å²) < 4.78 is 32.2. The fraction of sp³-hybridized carbons (Fsp3) is 0.600. The van der Waals surface area contributed by atoms with Crippen LogP contribution < -0.4 is 10.1 Å². The molecule has 1 N–H and O–H groups in total. The number of hydrogen-bond acceptors (Lipinski definition) is 4. The van der Waals surface area contributed by atoms with Crippen molar-refractivity contribution in [2.45, 2.75) is 24.7 Å². The van der Waals surface area contributed by atoms with Crippen LogP contribution in [0.1, 0.15) is 19.8 Å². The van der Waals surface area contributed by atoms with Gasteiger partial charge < -0.3 is 10.1 Å². The lowest BCUT2D eigenvalue weighted by atomic mass is 9.98. The predicted molar refractivity (Wildman–Crippen MR) is 88.0 cm³/mol. The van der Waals surface area contributed by atoms with Gasteiger partial charge in [0, 0.05) is 19.2 Å². The minimum atomic E-state index is -3.57. The molecule has 0 spiro atoms. The molecule has 1 aromatic rings. The first-order valence-electron chi connectivity index (χ1n) is 7.53. The number of nitrogens with one attached hydrogen (secondary N) is 1. The molecular formula is C15H23ClN2O3S. The molecule has 7 heteroatoms. The highest BCUT2D eigenvalue weighted by molar-refractivity contribution is 7.89. The van der Waals surface area contributed by atoms with Gasteiger partial charge in [0.1, 0.15) is 10.6 Å². The molecule has 1 saturated heterocycles. The maximum Gasteiger partial charge on any atom is 0.244 e. The number of ether oxygens (including phenoxy) is 1. The third kappa shape index (κ3) is 3.93. The van der Waals surface area contributed by atoms with E-state index < -0.39 is 10.0 Å². The van der Waals surface area contributed by atoms with Crippen LogP contribution in [0, 0.1) is 5.92 Å². The maximum absolute atomic E-state index is 12.8. The second kappa shape index (κ2) is 7.64. The first-order chi connectivity index (χ1) is 10.5. The van der Waals surface area contributed by atoms with E-state index in [-0.39, 0.29) is 9.92 Å². The van der Waals surface area contributed by atoms with Gasteiger partial charge in [-0.15, -0.1) is 0 Å². The van der Waals surface area contributed by atoms with Crippen LogP contribution in [0.25, 0.3) is 0 Å². The van der Waals surface area contributed by atoms with E-state index in [9.17, 15) is 8.42 Å². The Morgan fingerprint density at radius 3 is 2.64 bits per heavy atom. The van der Waals surface area contributed by atoms with Gasteiger partial charge in [-0.2, -0.15) is 4.31 Å². The monoisotopic (exact) mass is 346 g/mol. The van der Waals surface area contributed by atoms with Crippen LogP contribution >= 0.6 is 11.6 Å². The average Bonchev–Trinajstić information content (AvgIpc) is 2.53. The summed E-state index contributed by atoms with van der Waals surface area (Å²) in [5, 5.41) is 3.55. The highest BCUT2D eigenvalue weighted by Gasteiger charge is 2.31. The Hall–Kier alpha value is -0.820. The van der Waals surface area contributed by atoms with Crippen molar-refractivity contribution in [3.63, 3.8) is 0 Å². The summed E-state index contributed by atoms with van der Waals surface area (Å²) in [6.07, 6.45) is 1.74. The number of piperidine rings is 1. The van der Waals surface area contributed by atoms with E-state index in [0.717, 1.165) is 25.9 Å². The Morgan fingerprint density at radius 1 is 1.36 bits per heavy atom. The van der Waals surface area contributed by atoms with Crippen molar-refractivity contribution in [2.75, 3.05) is 33.3 Å². The molecule has 0 atom stereocenters. The first-order valence-corrected chi connectivity index (χ1v) is 9.35. The summed E-state index contributed by atoms with van der Waals surface area (Å²) in [6, 6.07) is 4.71. The predicted octanol–water partition coefficient (Wildman–Crippen LogP) is 2.36. The zero-order valence-electron chi connectivity index (χ0n) is 13.0. The number of methoxy groups -OCH3 is 1. The van der Waals surface area contributed by atoms with Gasteiger partial charge in [-0.25, -0.2) is 8.42 Å². The Balaban J connectivity index is 2.12. The Labute approximate surface area is 137 Å². The molecule has 0 saturated carbocycles. The van der Waals surface area contributed by atoms with Gasteiger partial charge in [0.25, 0.3) is 0 Å². The highest BCUT2D eigenvalue weighted by atomic mass is 35.5. The Bertz CT molecular complexity index is 599. The van der Waals surface area contributed by atoms with Crippen LogP contribution in [0.4, 0.5) is 0 Å². The topological polar surface area (TPSA) is 58.6 Å². The van der Waals surface area contributed by atoms with Gasteiger partial charge in [0.05, 0.1) is 12.1 Å². The molecule has 0 aliphatic carbocycles. The van der Waals surface area contributed by atoms with E-state index in [1.165, 1.54) is 17.5 Å². The van der Waals surface area contributed by atoms with E-state index in [1.807, 2.05) is 0 Å². The summed E-state index contributed by atoms with van der Waals surface area (Å²) in [7, 11) is -2.06. The van der Waals surface area contributed by atoms with Crippen molar-refractivity contribution in [1.29, 1.82) is 0 Å². The van der Waals surface area contributed by atoms with Crippen LogP contribution in [-0.2, 0) is 10.0 Å². The fourth-order valence-electron chi connectivity index (χ4n) is 2.65. The van der Waals surface area contributed by atoms with Crippen LogP contribution in [-0.4, -0.2) is 46.0 Å². The number of nitrogens with zero attached hydrogens (tertiary/aromatic N) is 1. The summed E-state index contributed by atoms with van der Waals surface area (Å²) in [5.74, 6) is 1.03. The molecule has 124 valence electrons. The quantitative estimate of drug-likeness (QED) is 0.859. The molecule has 1 fully saturated rings. The van der Waals surface area contributed by atoms with Crippen molar-refractivity contribution in [2.24, 2.45) is 5.92 Å². The molecule has 5 nitrogen and oxygen atoms in total. The van der Waals surface area contributed by atoms with E-state index in [2.05, 4.69) is 12.2 Å². The molecule has 22 heavy (non-hydrogen) atoms. The van der Waals surface area contributed by atoms with Crippen molar-refractivity contribution < 1.29 is 13.2 Å². The van der Waals surface area contributed by atoms with Crippen molar-refractivity contribution in [3.8, 4) is 5.75 Å². The number of hydrogen-bond donors (Lipinski definition) is 1. The standard InChI is InChI=1S/C15H23ClN2O3S/c1-3-17-11-12-6-8-18(9-7-12)22(19,20)15-10-13(21-2)4-5-14(15)16/h4-5,10,12,17H,3,6-9,11H2,1-2H3. The molecule has 0 amide bonds. The zero-order chi connectivity index (χ0) is 16.2. The largest absolute Gasteiger partial charge is 0.497 e. The maximum atomic E-state index is 12.8. The normalized spacial score (nSPS) is 17.6. The molecule has 0 bridgehead atoms. The second-order valence-corrected chi connectivity index (χ2v) is 7.77. The van der Waals surface area contributed by atoms with Crippen molar-refractivity contribution in [3.05, 3.63) is 23.2 Å². The average molecular weight is 347 g/mol. The smallest absolute Gasteiger partial charge is 0.244 e. The highest BCUT2D eigenvalue weighted by Crippen LogP contribution is 2.30. The fourth-order valence-corrected chi connectivity index (χ4v) is 4.61. The van der Waals surface area contributed by atoms with Gasteiger partial charge in [-0.05, 0) is 44.0 Å². The molecule has 1 aliphatic rings. The van der Waals surface area contributed by atoms with E-state index in [4.69, 9.17) is 16.3 Å². The molecule has 1 heterocycles. The van der Waals surface area contributed by atoms with Gasteiger partial charge in [0.2, 0.25) is 10.0 Å². The molecule has 0 aromatic heterocycles. The Kier molecular flexibility index (Phi) is 6.09. The zero-order valence-corrected chi connectivity index (χ0v) is 14.6. The molecule has 1 aromatic carbocycles. The third-order valence-corrected chi connectivity index (χ3v) is 6.39. The molecule has 0 unspecified atom stereocenters.